The van der Waals surface area contributed by atoms with Crippen molar-refractivity contribution in [2.75, 3.05) is 0 Å². The van der Waals surface area contributed by atoms with Gasteiger partial charge in [0.15, 0.2) is 0 Å². The second-order valence-corrected chi connectivity index (χ2v) is 7.82. The van der Waals surface area contributed by atoms with Crippen LogP contribution in [-0.4, -0.2) is 16.3 Å². The number of carbonyl (C=O) groups excluding carboxylic acids is 2. The number of halogens is 1. The summed E-state index contributed by atoms with van der Waals surface area (Å²) in [5, 5.41) is 12.7. The van der Waals surface area contributed by atoms with Crippen molar-refractivity contribution in [1.82, 2.24) is 9.72 Å². The van der Waals surface area contributed by atoms with E-state index in [1.54, 1.807) is 30.5 Å². The Balaban J connectivity index is 1.49. The number of nitrogens with zero attached hydrogens (tertiary/aromatic N) is 2. The van der Waals surface area contributed by atoms with Crippen LogP contribution in [0.3, 0.4) is 0 Å². The van der Waals surface area contributed by atoms with Crippen molar-refractivity contribution in [1.29, 1.82) is 5.26 Å². The minimum atomic E-state index is -0.606. The molecular formula is C26H20ClN3O3. The van der Waals surface area contributed by atoms with Gasteiger partial charge in [0.25, 0.3) is 5.91 Å². The van der Waals surface area contributed by atoms with Gasteiger partial charge in [0.05, 0.1) is 34.1 Å². The summed E-state index contributed by atoms with van der Waals surface area (Å²) >= 11 is 6.15. The summed E-state index contributed by atoms with van der Waals surface area (Å²) in [5.74, 6) is -0.879. The Kier molecular flexibility index (Phi) is 6.72. The number of rotatable bonds is 7. The lowest BCUT2D eigenvalue weighted by molar-refractivity contribution is -0.145. The van der Waals surface area contributed by atoms with Gasteiger partial charge in [-0.3, -0.25) is 9.59 Å². The van der Waals surface area contributed by atoms with Crippen LogP contribution < -0.4 is 5.32 Å². The Hall–Kier alpha value is -4.08. The molecule has 0 fully saturated rings. The molecule has 1 amide bonds. The summed E-state index contributed by atoms with van der Waals surface area (Å²) in [5.41, 5.74) is 2.93. The Bertz CT molecular complexity index is 1340. The van der Waals surface area contributed by atoms with Gasteiger partial charge >= 0.3 is 5.97 Å². The van der Waals surface area contributed by atoms with Crippen molar-refractivity contribution < 1.29 is 14.3 Å². The molecule has 1 N–H and O–H groups in total. The highest BCUT2D eigenvalue weighted by molar-refractivity contribution is 6.33. The van der Waals surface area contributed by atoms with Crippen molar-refractivity contribution >= 4 is 29.0 Å². The van der Waals surface area contributed by atoms with Gasteiger partial charge < -0.3 is 14.5 Å². The number of nitriles is 1. The van der Waals surface area contributed by atoms with E-state index >= 15 is 0 Å². The molecular weight excluding hydrogens is 438 g/mol. The molecule has 6 nitrogen and oxygen atoms in total. The number of fused-ring (bicyclic) bond motifs is 1. The largest absolute Gasteiger partial charge is 0.461 e. The summed E-state index contributed by atoms with van der Waals surface area (Å²) in [7, 11) is 0. The Labute approximate surface area is 196 Å². The van der Waals surface area contributed by atoms with Crippen LogP contribution in [0.5, 0.6) is 0 Å². The minimum Gasteiger partial charge on any atom is -0.461 e. The fraction of sp³-hybridized carbons (Fsp3) is 0.115. The van der Waals surface area contributed by atoms with Crippen molar-refractivity contribution in [3.63, 3.8) is 0 Å². The third-order valence-electron chi connectivity index (χ3n) is 5.26. The second kappa shape index (κ2) is 10.0. The zero-order chi connectivity index (χ0) is 23.2. The molecule has 0 spiro atoms. The van der Waals surface area contributed by atoms with Crippen LogP contribution in [0.2, 0.25) is 5.02 Å². The summed E-state index contributed by atoms with van der Waals surface area (Å²) in [6.45, 7) is -0.0383. The summed E-state index contributed by atoms with van der Waals surface area (Å²) in [6, 6.07) is 23.0. The molecule has 1 atom stereocenters. The molecule has 0 radical (unpaired) electrons. The average Bonchev–Trinajstić information content (AvgIpc) is 3.20. The van der Waals surface area contributed by atoms with E-state index in [0.717, 1.165) is 11.1 Å². The van der Waals surface area contributed by atoms with Gasteiger partial charge in [-0.1, -0.05) is 60.1 Å². The third kappa shape index (κ3) is 5.05. The fourth-order valence-electron chi connectivity index (χ4n) is 3.62. The molecule has 7 heteroatoms. The van der Waals surface area contributed by atoms with E-state index in [1.807, 2.05) is 59.1 Å². The standard InChI is InChI=1S/C26H20ClN3O3/c27-22-11-5-4-10-20(22)26(32)29-23(18-8-2-1-3-9-18)14-25(31)33-17-19-16-30-13-7-6-12-24(30)21(19)15-28/h1-13,16,23H,14,17H2,(H,29,32)/t23-/m1/s1. The van der Waals surface area contributed by atoms with Gasteiger partial charge in [-0.2, -0.15) is 5.26 Å². The molecule has 0 saturated carbocycles. The van der Waals surface area contributed by atoms with Crippen LogP contribution in [0, 0.1) is 11.3 Å². The number of nitrogens with one attached hydrogen (secondary N) is 1. The van der Waals surface area contributed by atoms with Crippen LogP contribution in [0.1, 0.15) is 39.5 Å². The number of hydrogen-bond acceptors (Lipinski definition) is 4. The summed E-state index contributed by atoms with van der Waals surface area (Å²) in [6.07, 6.45) is 3.53. The molecule has 0 aliphatic heterocycles. The third-order valence-corrected chi connectivity index (χ3v) is 5.59. The Morgan fingerprint density at radius 2 is 1.76 bits per heavy atom. The first-order chi connectivity index (χ1) is 16.1. The number of ether oxygens (including phenoxy) is 1. The van der Waals surface area contributed by atoms with Crippen LogP contribution in [-0.2, 0) is 16.1 Å². The zero-order valence-corrected chi connectivity index (χ0v) is 18.3. The number of amides is 1. The molecule has 0 bridgehead atoms. The number of pyridine rings is 1. The van der Waals surface area contributed by atoms with E-state index in [4.69, 9.17) is 16.3 Å². The molecule has 2 heterocycles. The van der Waals surface area contributed by atoms with E-state index < -0.39 is 12.0 Å². The van der Waals surface area contributed by atoms with Crippen molar-refractivity contribution in [2.45, 2.75) is 19.1 Å². The number of hydrogen-bond donors (Lipinski definition) is 1. The monoisotopic (exact) mass is 457 g/mol. The van der Waals surface area contributed by atoms with E-state index in [1.165, 1.54) is 0 Å². The first-order valence-corrected chi connectivity index (χ1v) is 10.7. The lowest BCUT2D eigenvalue weighted by Crippen LogP contribution is -2.30. The second-order valence-electron chi connectivity index (χ2n) is 7.42. The van der Waals surface area contributed by atoms with E-state index in [0.29, 0.717) is 21.7 Å². The van der Waals surface area contributed by atoms with Crippen molar-refractivity contribution in [3.8, 4) is 6.07 Å². The minimum absolute atomic E-state index is 0.0383. The topological polar surface area (TPSA) is 83.6 Å². The Morgan fingerprint density at radius 3 is 2.52 bits per heavy atom. The van der Waals surface area contributed by atoms with Gasteiger partial charge in [0.1, 0.15) is 12.7 Å². The van der Waals surface area contributed by atoms with Gasteiger partial charge in [0, 0.05) is 18.0 Å². The first kappa shape index (κ1) is 22.1. The predicted octanol–water partition coefficient (Wildman–Crippen LogP) is 5.07. The quantitative estimate of drug-likeness (QED) is 0.393. The summed E-state index contributed by atoms with van der Waals surface area (Å²) < 4.78 is 7.30. The normalized spacial score (nSPS) is 11.5. The van der Waals surface area contributed by atoms with E-state index in [9.17, 15) is 14.9 Å². The maximum atomic E-state index is 12.8. The van der Waals surface area contributed by atoms with Crippen LogP contribution in [0.4, 0.5) is 0 Å². The lowest BCUT2D eigenvalue weighted by Gasteiger charge is -2.19. The number of benzene rings is 2. The van der Waals surface area contributed by atoms with Gasteiger partial charge in [-0.25, -0.2) is 0 Å². The SMILES string of the molecule is N#Cc1c(COC(=O)C[C@@H](NC(=O)c2ccccc2Cl)c2ccccc2)cn2ccccc12. The molecule has 0 aliphatic carbocycles. The van der Waals surface area contributed by atoms with Crippen LogP contribution in [0.25, 0.3) is 5.52 Å². The maximum absolute atomic E-state index is 12.8. The van der Waals surface area contributed by atoms with Crippen molar-refractivity contribution in [3.05, 3.63) is 112 Å². The highest BCUT2D eigenvalue weighted by atomic mass is 35.5. The van der Waals surface area contributed by atoms with E-state index in [-0.39, 0.29) is 18.9 Å². The number of esters is 1. The molecule has 33 heavy (non-hydrogen) atoms. The predicted molar refractivity (Wildman–Crippen MR) is 125 cm³/mol. The average molecular weight is 458 g/mol. The molecule has 2 aromatic heterocycles. The Morgan fingerprint density at radius 1 is 1.03 bits per heavy atom. The summed E-state index contributed by atoms with van der Waals surface area (Å²) in [4.78, 5) is 25.5. The van der Waals surface area contributed by atoms with Gasteiger partial charge in [-0.15, -0.1) is 0 Å². The molecule has 0 unspecified atom stereocenters. The smallest absolute Gasteiger partial charge is 0.308 e. The molecule has 2 aromatic carbocycles. The highest BCUT2D eigenvalue weighted by Crippen LogP contribution is 2.22. The first-order valence-electron chi connectivity index (χ1n) is 10.3. The van der Waals surface area contributed by atoms with Crippen LogP contribution in [0.15, 0.2) is 85.2 Å². The number of carbonyl (C=O) groups is 2. The number of aromatic nitrogens is 1. The highest BCUT2D eigenvalue weighted by Gasteiger charge is 2.22. The molecule has 4 rings (SSSR count). The van der Waals surface area contributed by atoms with Crippen LogP contribution >= 0.6 is 11.6 Å². The van der Waals surface area contributed by atoms with Gasteiger partial charge in [-0.05, 0) is 29.8 Å². The van der Waals surface area contributed by atoms with E-state index in [2.05, 4.69) is 11.4 Å². The van der Waals surface area contributed by atoms with Crippen molar-refractivity contribution in [2.24, 2.45) is 0 Å². The molecule has 0 saturated heterocycles. The lowest BCUT2D eigenvalue weighted by atomic mass is 10.0. The molecule has 0 aliphatic rings. The molecule has 4 aromatic rings. The van der Waals surface area contributed by atoms with Gasteiger partial charge in [0.2, 0.25) is 0 Å². The molecule has 164 valence electrons. The fourth-order valence-corrected chi connectivity index (χ4v) is 3.84. The maximum Gasteiger partial charge on any atom is 0.308 e. The zero-order valence-electron chi connectivity index (χ0n) is 17.6.